The summed E-state index contributed by atoms with van der Waals surface area (Å²) in [7, 11) is 0. The summed E-state index contributed by atoms with van der Waals surface area (Å²) in [6, 6.07) is 23.8. The van der Waals surface area contributed by atoms with Gasteiger partial charge in [-0.3, -0.25) is 4.79 Å². The minimum Gasteiger partial charge on any atom is -0.481 e. The second kappa shape index (κ2) is 10.3. The van der Waals surface area contributed by atoms with Gasteiger partial charge < -0.3 is 14.6 Å². The van der Waals surface area contributed by atoms with Crippen molar-refractivity contribution in [2.45, 2.75) is 6.92 Å². The standard InChI is InChI=1S/C20H14O4.C2H4O2/c21-19(15-9-3-1-4-10-15)23-17-13-7-8-14-18(17)24-20(22)16-11-5-2-6-12-16;1-2(3)4/h1-14H;1H3,(H,3,4). The summed E-state index contributed by atoms with van der Waals surface area (Å²) in [6.07, 6.45) is 0. The van der Waals surface area contributed by atoms with Crippen LogP contribution in [0.3, 0.4) is 0 Å². The first kappa shape index (κ1) is 20.4. The Balaban J connectivity index is 0.000000640. The van der Waals surface area contributed by atoms with Crippen LogP contribution in [0.5, 0.6) is 11.5 Å². The van der Waals surface area contributed by atoms with Gasteiger partial charge in [0.1, 0.15) is 0 Å². The van der Waals surface area contributed by atoms with Gasteiger partial charge >= 0.3 is 11.9 Å². The molecule has 0 saturated carbocycles. The molecule has 0 amide bonds. The first-order valence-corrected chi connectivity index (χ1v) is 8.30. The van der Waals surface area contributed by atoms with Crippen molar-refractivity contribution in [1.82, 2.24) is 0 Å². The number of carbonyl (C=O) groups excluding carboxylic acids is 2. The van der Waals surface area contributed by atoms with Crippen molar-refractivity contribution in [3.63, 3.8) is 0 Å². The lowest BCUT2D eigenvalue weighted by Gasteiger charge is -2.10. The molecule has 0 bridgehead atoms. The molecular weight excluding hydrogens is 360 g/mol. The summed E-state index contributed by atoms with van der Waals surface area (Å²) in [5, 5.41) is 7.42. The second-order valence-corrected chi connectivity index (χ2v) is 5.48. The largest absolute Gasteiger partial charge is 0.481 e. The molecule has 0 radical (unpaired) electrons. The Hall–Kier alpha value is -3.93. The van der Waals surface area contributed by atoms with E-state index in [2.05, 4.69) is 0 Å². The Morgan fingerprint density at radius 2 is 0.893 bits per heavy atom. The number of hydrogen-bond donors (Lipinski definition) is 1. The molecule has 0 aliphatic heterocycles. The molecule has 0 spiro atoms. The quantitative estimate of drug-likeness (QED) is 0.540. The average molecular weight is 378 g/mol. The fraction of sp³-hybridized carbons (Fsp3) is 0.0455. The minimum absolute atomic E-state index is 0.190. The number of aliphatic carboxylic acids is 1. The first-order valence-electron chi connectivity index (χ1n) is 8.30. The number of benzene rings is 3. The number of hydrogen-bond acceptors (Lipinski definition) is 5. The van der Waals surface area contributed by atoms with E-state index < -0.39 is 17.9 Å². The first-order chi connectivity index (χ1) is 13.5. The Bertz CT molecular complexity index is 859. The van der Waals surface area contributed by atoms with Crippen molar-refractivity contribution >= 4 is 17.9 Å². The Morgan fingerprint density at radius 1 is 0.607 bits per heavy atom. The van der Waals surface area contributed by atoms with E-state index in [0.717, 1.165) is 6.92 Å². The molecule has 6 nitrogen and oxygen atoms in total. The average Bonchev–Trinajstić information content (AvgIpc) is 2.70. The second-order valence-electron chi connectivity index (χ2n) is 5.48. The predicted molar refractivity (Wildman–Crippen MR) is 103 cm³/mol. The number of carboxylic acid groups (broad SMARTS) is 1. The van der Waals surface area contributed by atoms with Crippen molar-refractivity contribution in [3.8, 4) is 11.5 Å². The molecule has 0 aliphatic rings. The summed E-state index contributed by atoms with van der Waals surface area (Å²) in [5.74, 6) is -1.48. The molecule has 0 atom stereocenters. The van der Waals surface area contributed by atoms with Crippen LogP contribution < -0.4 is 9.47 Å². The molecule has 0 fully saturated rings. The van der Waals surface area contributed by atoms with Crippen LogP contribution in [0.25, 0.3) is 0 Å². The van der Waals surface area contributed by atoms with Crippen LogP contribution in [0.4, 0.5) is 0 Å². The zero-order chi connectivity index (χ0) is 20.4. The molecule has 1 N–H and O–H groups in total. The maximum absolute atomic E-state index is 12.2. The molecule has 0 aliphatic carbocycles. The van der Waals surface area contributed by atoms with Gasteiger partial charge in [0, 0.05) is 6.92 Å². The van der Waals surface area contributed by atoms with Gasteiger partial charge in [0.2, 0.25) is 0 Å². The fourth-order valence-electron chi connectivity index (χ4n) is 2.08. The van der Waals surface area contributed by atoms with Crippen molar-refractivity contribution in [3.05, 3.63) is 96.1 Å². The van der Waals surface area contributed by atoms with Gasteiger partial charge in [-0.2, -0.15) is 0 Å². The van der Waals surface area contributed by atoms with E-state index in [4.69, 9.17) is 19.4 Å². The van der Waals surface area contributed by atoms with Crippen LogP contribution in [0.15, 0.2) is 84.9 Å². The number of carbonyl (C=O) groups is 3. The molecule has 28 heavy (non-hydrogen) atoms. The van der Waals surface area contributed by atoms with Gasteiger partial charge in [0.15, 0.2) is 11.5 Å². The van der Waals surface area contributed by atoms with E-state index in [0.29, 0.717) is 11.1 Å². The summed E-state index contributed by atoms with van der Waals surface area (Å²) >= 11 is 0. The topological polar surface area (TPSA) is 89.9 Å². The molecule has 142 valence electrons. The van der Waals surface area contributed by atoms with Crippen LogP contribution in [-0.4, -0.2) is 23.0 Å². The van der Waals surface area contributed by atoms with Crippen LogP contribution in [-0.2, 0) is 4.79 Å². The highest BCUT2D eigenvalue weighted by Gasteiger charge is 2.15. The summed E-state index contributed by atoms with van der Waals surface area (Å²) < 4.78 is 10.7. The van der Waals surface area contributed by atoms with Crippen LogP contribution in [0.1, 0.15) is 27.6 Å². The van der Waals surface area contributed by atoms with Gasteiger partial charge in [-0.05, 0) is 36.4 Å². The number of para-hydroxylation sites is 2. The summed E-state index contributed by atoms with van der Waals surface area (Å²) in [4.78, 5) is 33.3. The highest BCUT2D eigenvalue weighted by molar-refractivity contribution is 5.93. The Morgan fingerprint density at radius 3 is 1.21 bits per heavy atom. The number of rotatable bonds is 4. The lowest BCUT2D eigenvalue weighted by Crippen LogP contribution is -2.12. The molecular formula is C22H18O6. The third kappa shape index (κ3) is 6.42. The highest BCUT2D eigenvalue weighted by atomic mass is 16.6. The molecule has 3 aromatic rings. The lowest BCUT2D eigenvalue weighted by atomic mass is 10.2. The monoisotopic (exact) mass is 378 g/mol. The zero-order valence-electron chi connectivity index (χ0n) is 15.1. The van der Waals surface area contributed by atoms with Crippen LogP contribution in [0, 0.1) is 0 Å². The van der Waals surface area contributed by atoms with Crippen LogP contribution >= 0.6 is 0 Å². The molecule has 0 heterocycles. The number of carboxylic acids is 1. The number of esters is 2. The smallest absolute Gasteiger partial charge is 0.343 e. The van der Waals surface area contributed by atoms with Crippen molar-refractivity contribution in [2.24, 2.45) is 0 Å². The van der Waals surface area contributed by atoms with Gasteiger partial charge in [0.25, 0.3) is 5.97 Å². The molecule has 3 aromatic carbocycles. The Labute approximate surface area is 162 Å². The molecule has 6 heteroatoms. The van der Waals surface area contributed by atoms with Crippen LogP contribution in [0.2, 0.25) is 0 Å². The fourth-order valence-corrected chi connectivity index (χ4v) is 2.08. The van der Waals surface area contributed by atoms with E-state index in [9.17, 15) is 9.59 Å². The van der Waals surface area contributed by atoms with E-state index in [1.54, 1.807) is 72.8 Å². The minimum atomic E-state index is -0.833. The lowest BCUT2D eigenvalue weighted by molar-refractivity contribution is -0.134. The molecule has 0 unspecified atom stereocenters. The summed E-state index contributed by atoms with van der Waals surface area (Å²) in [5.41, 5.74) is 0.836. The normalized spacial score (nSPS) is 9.46. The van der Waals surface area contributed by atoms with E-state index >= 15 is 0 Å². The van der Waals surface area contributed by atoms with E-state index in [1.165, 1.54) is 0 Å². The third-order valence-electron chi connectivity index (χ3n) is 3.27. The maximum Gasteiger partial charge on any atom is 0.343 e. The maximum atomic E-state index is 12.2. The molecule has 3 rings (SSSR count). The predicted octanol–water partition coefficient (Wildman–Crippen LogP) is 4.22. The SMILES string of the molecule is CC(=O)O.O=C(Oc1ccccc1OC(=O)c1ccccc1)c1ccccc1. The highest BCUT2D eigenvalue weighted by Crippen LogP contribution is 2.28. The van der Waals surface area contributed by atoms with Gasteiger partial charge in [-0.1, -0.05) is 48.5 Å². The third-order valence-corrected chi connectivity index (χ3v) is 3.27. The zero-order valence-corrected chi connectivity index (χ0v) is 15.1. The number of ether oxygens (including phenoxy) is 2. The van der Waals surface area contributed by atoms with Crippen molar-refractivity contribution in [1.29, 1.82) is 0 Å². The van der Waals surface area contributed by atoms with E-state index in [-0.39, 0.29) is 11.5 Å². The molecule has 0 saturated heterocycles. The molecule has 0 aromatic heterocycles. The van der Waals surface area contributed by atoms with Crippen molar-refractivity contribution < 1.29 is 29.0 Å². The van der Waals surface area contributed by atoms with E-state index in [1.807, 2.05) is 12.1 Å². The van der Waals surface area contributed by atoms with Crippen molar-refractivity contribution in [2.75, 3.05) is 0 Å². The van der Waals surface area contributed by atoms with Gasteiger partial charge in [-0.15, -0.1) is 0 Å². The van der Waals surface area contributed by atoms with Gasteiger partial charge in [-0.25, -0.2) is 9.59 Å². The Kier molecular flexibility index (Phi) is 7.48. The van der Waals surface area contributed by atoms with Gasteiger partial charge in [0.05, 0.1) is 11.1 Å². The summed E-state index contributed by atoms with van der Waals surface area (Å²) in [6.45, 7) is 1.08.